The fraction of sp³-hybridized carbons (Fsp3) is 0.435. The van der Waals surface area contributed by atoms with E-state index in [0.29, 0.717) is 24.3 Å². The van der Waals surface area contributed by atoms with Crippen molar-refractivity contribution < 1.29 is 19.7 Å². The summed E-state index contributed by atoms with van der Waals surface area (Å²) in [5, 5.41) is 20.6. The van der Waals surface area contributed by atoms with Gasteiger partial charge in [-0.2, -0.15) is 0 Å². The van der Waals surface area contributed by atoms with Crippen LogP contribution in [-0.4, -0.2) is 16.2 Å². The van der Waals surface area contributed by atoms with E-state index in [9.17, 15) is 15.0 Å². The van der Waals surface area contributed by atoms with E-state index in [4.69, 9.17) is 4.74 Å². The SMILES string of the molecule is CCCCCC(C)(C(=O)O)C(O)c1ccc(OCc2ccccc2)cc1C. The number of aliphatic hydroxyl groups excluding tert-OH is 1. The van der Waals surface area contributed by atoms with Crippen LogP contribution in [0.4, 0.5) is 0 Å². The molecule has 0 aliphatic rings. The Labute approximate surface area is 161 Å². The summed E-state index contributed by atoms with van der Waals surface area (Å²) < 4.78 is 5.82. The number of carbonyl (C=O) groups is 1. The lowest BCUT2D eigenvalue weighted by molar-refractivity contribution is -0.156. The number of hydrogen-bond donors (Lipinski definition) is 2. The van der Waals surface area contributed by atoms with Gasteiger partial charge in [0.1, 0.15) is 12.4 Å². The normalized spacial score (nSPS) is 14.4. The van der Waals surface area contributed by atoms with Crippen molar-refractivity contribution in [2.24, 2.45) is 5.41 Å². The van der Waals surface area contributed by atoms with Crippen molar-refractivity contribution in [1.29, 1.82) is 0 Å². The summed E-state index contributed by atoms with van der Waals surface area (Å²) in [7, 11) is 0. The molecular formula is C23H30O4. The van der Waals surface area contributed by atoms with Gasteiger partial charge in [-0.05, 0) is 49.1 Å². The molecule has 2 atom stereocenters. The lowest BCUT2D eigenvalue weighted by Gasteiger charge is -2.31. The van der Waals surface area contributed by atoms with Gasteiger partial charge in [0.15, 0.2) is 0 Å². The van der Waals surface area contributed by atoms with E-state index in [1.165, 1.54) is 0 Å². The van der Waals surface area contributed by atoms with Crippen molar-refractivity contribution in [2.45, 2.75) is 59.2 Å². The number of aliphatic carboxylic acids is 1. The van der Waals surface area contributed by atoms with Gasteiger partial charge in [-0.25, -0.2) is 0 Å². The van der Waals surface area contributed by atoms with E-state index in [-0.39, 0.29) is 0 Å². The van der Waals surface area contributed by atoms with E-state index < -0.39 is 17.5 Å². The zero-order chi connectivity index (χ0) is 19.9. The maximum Gasteiger partial charge on any atom is 0.312 e. The first-order chi connectivity index (χ1) is 12.9. The van der Waals surface area contributed by atoms with Crippen molar-refractivity contribution in [3.8, 4) is 5.75 Å². The van der Waals surface area contributed by atoms with Crippen LogP contribution in [0.25, 0.3) is 0 Å². The summed E-state index contributed by atoms with van der Waals surface area (Å²) in [6.07, 6.45) is 2.14. The Morgan fingerprint density at radius 1 is 1.15 bits per heavy atom. The van der Waals surface area contributed by atoms with Gasteiger partial charge in [0.2, 0.25) is 0 Å². The molecule has 0 bridgehead atoms. The third-order valence-electron chi connectivity index (χ3n) is 5.18. The number of carboxylic acid groups (broad SMARTS) is 1. The Morgan fingerprint density at radius 2 is 1.85 bits per heavy atom. The van der Waals surface area contributed by atoms with Crippen molar-refractivity contribution in [1.82, 2.24) is 0 Å². The zero-order valence-electron chi connectivity index (χ0n) is 16.4. The van der Waals surface area contributed by atoms with Gasteiger partial charge in [-0.3, -0.25) is 4.79 Å². The van der Waals surface area contributed by atoms with Gasteiger partial charge >= 0.3 is 5.97 Å². The number of aliphatic hydroxyl groups is 1. The van der Waals surface area contributed by atoms with Crippen molar-refractivity contribution in [3.05, 3.63) is 65.2 Å². The number of benzene rings is 2. The van der Waals surface area contributed by atoms with Gasteiger partial charge in [-0.1, -0.05) is 62.6 Å². The molecular weight excluding hydrogens is 340 g/mol. The van der Waals surface area contributed by atoms with Crippen LogP contribution < -0.4 is 4.74 Å². The van der Waals surface area contributed by atoms with Gasteiger partial charge in [0.25, 0.3) is 0 Å². The van der Waals surface area contributed by atoms with Gasteiger partial charge in [-0.15, -0.1) is 0 Å². The highest BCUT2D eigenvalue weighted by Gasteiger charge is 2.41. The molecule has 0 heterocycles. The van der Waals surface area contributed by atoms with Crippen molar-refractivity contribution >= 4 is 5.97 Å². The van der Waals surface area contributed by atoms with Crippen LogP contribution >= 0.6 is 0 Å². The molecule has 4 nitrogen and oxygen atoms in total. The number of unbranched alkanes of at least 4 members (excludes halogenated alkanes) is 2. The average molecular weight is 370 g/mol. The monoisotopic (exact) mass is 370 g/mol. The Morgan fingerprint density at radius 3 is 2.44 bits per heavy atom. The lowest BCUT2D eigenvalue weighted by Crippen LogP contribution is -2.35. The molecule has 0 amide bonds. The second kappa shape index (κ2) is 9.56. The minimum atomic E-state index is -1.20. The molecule has 2 aromatic carbocycles. The Hall–Kier alpha value is -2.33. The molecule has 0 saturated heterocycles. The lowest BCUT2D eigenvalue weighted by atomic mass is 9.75. The summed E-state index contributed by atoms with van der Waals surface area (Å²) in [5.74, 6) is -0.259. The number of hydrogen-bond acceptors (Lipinski definition) is 3. The molecule has 2 aromatic rings. The molecule has 2 N–H and O–H groups in total. The molecule has 0 fully saturated rings. The Balaban J connectivity index is 2.13. The van der Waals surface area contributed by atoms with Crippen LogP contribution in [0.1, 0.15) is 62.3 Å². The zero-order valence-corrected chi connectivity index (χ0v) is 16.4. The molecule has 0 radical (unpaired) electrons. The predicted octanol–water partition coefficient (Wildman–Crippen LogP) is 5.28. The molecule has 4 heteroatoms. The minimum absolute atomic E-state index is 0.447. The molecule has 2 unspecified atom stereocenters. The fourth-order valence-electron chi connectivity index (χ4n) is 3.23. The molecule has 2 rings (SSSR count). The Kier molecular flexibility index (Phi) is 7.43. The van der Waals surface area contributed by atoms with Crippen molar-refractivity contribution in [3.63, 3.8) is 0 Å². The van der Waals surface area contributed by atoms with E-state index in [1.54, 1.807) is 19.1 Å². The Bertz CT molecular complexity index is 741. The first-order valence-electron chi connectivity index (χ1n) is 9.57. The van der Waals surface area contributed by atoms with Crippen LogP contribution in [0.5, 0.6) is 5.75 Å². The molecule has 0 aromatic heterocycles. The molecule has 0 aliphatic heterocycles. The van der Waals surface area contributed by atoms with Gasteiger partial charge in [0, 0.05) is 0 Å². The molecule has 0 aliphatic carbocycles. The second-order valence-electron chi connectivity index (χ2n) is 7.37. The first-order valence-corrected chi connectivity index (χ1v) is 9.57. The molecule has 27 heavy (non-hydrogen) atoms. The standard InChI is InChI=1S/C23H30O4/c1-4-5-9-14-23(3,22(25)26)21(24)20-13-12-19(15-17(20)2)27-16-18-10-7-6-8-11-18/h6-8,10-13,15,21,24H,4-5,9,14,16H2,1-3H3,(H,25,26). The minimum Gasteiger partial charge on any atom is -0.489 e. The molecule has 0 spiro atoms. The van der Waals surface area contributed by atoms with Crippen LogP contribution in [0.3, 0.4) is 0 Å². The largest absolute Gasteiger partial charge is 0.489 e. The third-order valence-corrected chi connectivity index (χ3v) is 5.18. The number of ether oxygens (including phenoxy) is 1. The number of aryl methyl sites for hydroxylation is 1. The number of rotatable bonds is 10. The van der Waals surface area contributed by atoms with Crippen LogP contribution in [0.15, 0.2) is 48.5 Å². The van der Waals surface area contributed by atoms with Gasteiger partial charge in [0.05, 0.1) is 11.5 Å². The van der Waals surface area contributed by atoms with Crippen molar-refractivity contribution in [2.75, 3.05) is 0 Å². The summed E-state index contributed by atoms with van der Waals surface area (Å²) in [6, 6.07) is 15.3. The molecule has 146 valence electrons. The highest BCUT2D eigenvalue weighted by molar-refractivity contribution is 5.75. The summed E-state index contributed by atoms with van der Waals surface area (Å²) in [5.41, 5.74) is 1.35. The van der Waals surface area contributed by atoms with E-state index >= 15 is 0 Å². The fourth-order valence-corrected chi connectivity index (χ4v) is 3.23. The summed E-state index contributed by atoms with van der Waals surface area (Å²) >= 11 is 0. The number of carboxylic acids is 1. The summed E-state index contributed by atoms with van der Waals surface area (Å²) in [4.78, 5) is 11.9. The highest BCUT2D eigenvalue weighted by atomic mass is 16.5. The first kappa shape index (κ1) is 21.0. The topological polar surface area (TPSA) is 66.8 Å². The highest BCUT2D eigenvalue weighted by Crippen LogP contribution is 2.40. The van der Waals surface area contributed by atoms with E-state index in [0.717, 1.165) is 30.4 Å². The maximum atomic E-state index is 11.9. The van der Waals surface area contributed by atoms with Crippen LogP contribution in [-0.2, 0) is 11.4 Å². The second-order valence-corrected chi connectivity index (χ2v) is 7.37. The van der Waals surface area contributed by atoms with E-state index in [2.05, 4.69) is 6.92 Å². The predicted molar refractivity (Wildman–Crippen MR) is 107 cm³/mol. The van der Waals surface area contributed by atoms with Crippen LogP contribution in [0.2, 0.25) is 0 Å². The average Bonchev–Trinajstić information content (AvgIpc) is 2.66. The van der Waals surface area contributed by atoms with Gasteiger partial charge < -0.3 is 14.9 Å². The maximum absolute atomic E-state index is 11.9. The van der Waals surface area contributed by atoms with E-state index in [1.807, 2.05) is 43.3 Å². The molecule has 0 saturated carbocycles. The van der Waals surface area contributed by atoms with Crippen LogP contribution in [0, 0.1) is 12.3 Å². The quantitative estimate of drug-likeness (QED) is 0.559. The summed E-state index contributed by atoms with van der Waals surface area (Å²) in [6.45, 7) is 6.05. The third kappa shape index (κ3) is 5.33. The smallest absolute Gasteiger partial charge is 0.312 e.